The summed E-state index contributed by atoms with van der Waals surface area (Å²) >= 11 is 3.18. The lowest BCUT2D eigenvalue weighted by Gasteiger charge is -1.95. The van der Waals surface area contributed by atoms with Crippen LogP contribution in [-0.4, -0.2) is 20.6 Å². The molecule has 0 fully saturated rings. The summed E-state index contributed by atoms with van der Waals surface area (Å²) in [5.74, 6) is -0.317. The van der Waals surface area contributed by atoms with Gasteiger partial charge in [0.1, 0.15) is 0 Å². The number of nitrogens with zero attached hydrogens (tertiary/aromatic N) is 3. The van der Waals surface area contributed by atoms with Crippen LogP contribution >= 0.6 is 15.9 Å². The number of hydrogen-bond donors (Lipinski definition) is 0. The topological polar surface area (TPSA) is 77.5 Å². The van der Waals surface area contributed by atoms with Gasteiger partial charge in [-0.05, 0) is 38.0 Å². The van der Waals surface area contributed by atoms with Crippen LogP contribution in [-0.2, 0) is 0 Å². The molecule has 0 aliphatic rings. The maximum Gasteiger partial charge on any atom is 0.391 e. The summed E-state index contributed by atoms with van der Waals surface area (Å²) in [5, 5.41) is 10.7. The monoisotopic (exact) mass is 269 g/mol. The minimum atomic E-state index is -0.618. The maximum atomic E-state index is 10.7. The highest BCUT2D eigenvalue weighted by atomic mass is 79.9. The molecule has 0 spiro atoms. The summed E-state index contributed by atoms with van der Waals surface area (Å²) in [6.45, 7) is 0. The van der Waals surface area contributed by atoms with Crippen LogP contribution in [0.1, 0.15) is 10.6 Å². The van der Waals surface area contributed by atoms with Gasteiger partial charge in [-0.3, -0.25) is 9.20 Å². The quantitative estimate of drug-likeness (QED) is 0.473. The third-order valence-corrected chi connectivity index (χ3v) is 2.54. The van der Waals surface area contributed by atoms with E-state index >= 15 is 0 Å². The average Bonchev–Trinajstić information content (AvgIpc) is 2.58. The Morgan fingerprint density at radius 2 is 2.33 bits per heavy atom. The van der Waals surface area contributed by atoms with Crippen molar-refractivity contribution in [3.63, 3.8) is 0 Å². The third kappa shape index (κ3) is 1.40. The Labute approximate surface area is 91.8 Å². The molecule has 0 atom stereocenters. The molecule has 0 amide bonds. The van der Waals surface area contributed by atoms with E-state index in [1.54, 1.807) is 18.3 Å². The fourth-order valence-corrected chi connectivity index (χ4v) is 1.83. The van der Waals surface area contributed by atoms with E-state index in [1.807, 2.05) is 0 Å². The SMILES string of the molecule is O=Cc1nc([N+](=O)[O-])c2c(Br)cccn12. The highest BCUT2D eigenvalue weighted by molar-refractivity contribution is 9.10. The van der Waals surface area contributed by atoms with E-state index in [-0.39, 0.29) is 17.2 Å². The largest absolute Gasteiger partial charge is 0.391 e. The van der Waals surface area contributed by atoms with Gasteiger partial charge in [0.15, 0.2) is 5.52 Å². The van der Waals surface area contributed by atoms with Crippen LogP contribution in [0.3, 0.4) is 0 Å². The highest BCUT2D eigenvalue weighted by Crippen LogP contribution is 2.27. The molecule has 0 saturated carbocycles. The second kappa shape index (κ2) is 3.43. The standard InChI is InChI=1S/C8H4BrN3O3/c9-5-2-1-3-11-6(4-13)10-8(7(5)11)12(14)15/h1-4H. The van der Waals surface area contributed by atoms with Crippen LogP contribution in [0.25, 0.3) is 5.52 Å². The van der Waals surface area contributed by atoms with Crippen molar-refractivity contribution in [2.45, 2.75) is 0 Å². The van der Waals surface area contributed by atoms with Crippen LogP contribution < -0.4 is 0 Å². The number of aromatic nitrogens is 2. The Morgan fingerprint density at radius 3 is 2.93 bits per heavy atom. The normalized spacial score (nSPS) is 10.5. The molecular weight excluding hydrogens is 266 g/mol. The molecule has 0 unspecified atom stereocenters. The smallest absolute Gasteiger partial charge is 0.358 e. The van der Waals surface area contributed by atoms with E-state index < -0.39 is 4.92 Å². The molecule has 0 radical (unpaired) electrons. The minimum absolute atomic E-state index is 0.0120. The first-order valence-electron chi connectivity index (χ1n) is 3.91. The Morgan fingerprint density at radius 1 is 1.60 bits per heavy atom. The molecule has 2 rings (SSSR count). The predicted molar refractivity (Wildman–Crippen MR) is 54.9 cm³/mol. The number of halogens is 1. The zero-order valence-corrected chi connectivity index (χ0v) is 8.84. The zero-order chi connectivity index (χ0) is 11.0. The molecule has 7 heteroatoms. The van der Waals surface area contributed by atoms with Crippen molar-refractivity contribution in [3.05, 3.63) is 38.7 Å². The summed E-state index contributed by atoms with van der Waals surface area (Å²) in [4.78, 5) is 24.4. The molecule has 76 valence electrons. The lowest BCUT2D eigenvalue weighted by atomic mass is 10.4. The van der Waals surface area contributed by atoms with Crippen molar-refractivity contribution in [2.24, 2.45) is 0 Å². The van der Waals surface area contributed by atoms with Gasteiger partial charge in [0.2, 0.25) is 6.29 Å². The summed E-state index contributed by atoms with van der Waals surface area (Å²) in [6, 6.07) is 3.31. The Kier molecular flexibility index (Phi) is 2.24. The Balaban J connectivity index is 2.94. The molecule has 2 aromatic heterocycles. The highest BCUT2D eigenvalue weighted by Gasteiger charge is 2.23. The van der Waals surface area contributed by atoms with Gasteiger partial charge in [0.25, 0.3) is 5.82 Å². The third-order valence-electron chi connectivity index (χ3n) is 1.90. The summed E-state index contributed by atoms with van der Waals surface area (Å²) in [5.41, 5.74) is 0.282. The Hall–Kier alpha value is -1.76. The van der Waals surface area contributed by atoms with E-state index in [0.717, 1.165) is 0 Å². The number of rotatable bonds is 2. The van der Waals surface area contributed by atoms with Crippen molar-refractivity contribution in [1.82, 2.24) is 9.38 Å². The maximum absolute atomic E-state index is 10.7. The molecule has 0 N–H and O–H groups in total. The molecule has 0 saturated heterocycles. The number of imidazole rings is 1. The first kappa shape index (κ1) is 9.78. The molecular formula is C8H4BrN3O3. The molecule has 0 aliphatic heterocycles. The number of carbonyl (C=O) groups excluding carboxylic acids is 1. The molecule has 15 heavy (non-hydrogen) atoms. The van der Waals surface area contributed by atoms with Crippen molar-refractivity contribution < 1.29 is 9.72 Å². The van der Waals surface area contributed by atoms with Crippen molar-refractivity contribution in [1.29, 1.82) is 0 Å². The van der Waals surface area contributed by atoms with Crippen molar-refractivity contribution in [2.75, 3.05) is 0 Å². The van der Waals surface area contributed by atoms with Gasteiger partial charge in [-0.1, -0.05) is 0 Å². The van der Waals surface area contributed by atoms with Crippen LogP contribution in [0.2, 0.25) is 0 Å². The second-order valence-electron chi connectivity index (χ2n) is 2.74. The average molecular weight is 270 g/mol. The van der Waals surface area contributed by atoms with E-state index in [0.29, 0.717) is 10.8 Å². The van der Waals surface area contributed by atoms with Gasteiger partial charge < -0.3 is 10.1 Å². The summed E-state index contributed by atoms with van der Waals surface area (Å²) in [7, 11) is 0. The molecule has 0 aliphatic carbocycles. The number of aldehydes is 1. The number of hydrogen-bond acceptors (Lipinski definition) is 4. The van der Waals surface area contributed by atoms with Crippen LogP contribution in [0.15, 0.2) is 22.8 Å². The molecule has 6 nitrogen and oxygen atoms in total. The first-order valence-corrected chi connectivity index (χ1v) is 4.70. The van der Waals surface area contributed by atoms with E-state index in [2.05, 4.69) is 20.9 Å². The lowest BCUT2D eigenvalue weighted by molar-refractivity contribution is -0.387. The predicted octanol–water partition coefficient (Wildman–Crippen LogP) is 1.82. The van der Waals surface area contributed by atoms with Crippen LogP contribution in [0, 0.1) is 10.1 Å². The number of carbonyl (C=O) groups is 1. The van der Waals surface area contributed by atoms with E-state index in [1.165, 1.54) is 4.40 Å². The van der Waals surface area contributed by atoms with Gasteiger partial charge >= 0.3 is 5.82 Å². The molecule has 2 aromatic rings. The fraction of sp³-hybridized carbons (Fsp3) is 0. The first-order chi connectivity index (χ1) is 7.15. The minimum Gasteiger partial charge on any atom is -0.358 e. The van der Waals surface area contributed by atoms with E-state index in [9.17, 15) is 14.9 Å². The fourth-order valence-electron chi connectivity index (χ4n) is 1.31. The number of pyridine rings is 1. The van der Waals surface area contributed by atoms with Gasteiger partial charge in [-0.25, -0.2) is 0 Å². The van der Waals surface area contributed by atoms with Crippen LogP contribution in [0.5, 0.6) is 0 Å². The Bertz CT molecular complexity index is 564. The molecule has 2 heterocycles. The molecule has 0 bridgehead atoms. The van der Waals surface area contributed by atoms with Gasteiger partial charge in [0.05, 0.1) is 4.47 Å². The zero-order valence-electron chi connectivity index (χ0n) is 7.25. The second-order valence-corrected chi connectivity index (χ2v) is 3.60. The van der Waals surface area contributed by atoms with Gasteiger partial charge in [-0.2, -0.15) is 0 Å². The summed E-state index contributed by atoms with van der Waals surface area (Å²) < 4.78 is 1.90. The van der Waals surface area contributed by atoms with Crippen molar-refractivity contribution >= 4 is 33.6 Å². The van der Waals surface area contributed by atoms with Crippen LogP contribution in [0.4, 0.5) is 5.82 Å². The number of nitro groups is 1. The van der Waals surface area contributed by atoms with Gasteiger partial charge in [0, 0.05) is 6.20 Å². The molecule has 0 aromatic carbocycles. The van der Waals surface area contributed by atoms with Gasteiger partial charge in [-0.15, -0.1) is 0 Å². The lowest BCUT2D eigenvalue weighted by Crippen LogP contribution is -1.91. The van der Waals surface area contributed by atoms with E-state index in [4.69, 9.17) is 0 Å². The summed E-state index contributed by atoms with van der Waals surface area (Å²) in [6.07, 6.45) is 2.02. The number of fused-ring (bicyclic) bond motifs is 1. The van der Waals surface area contributed by atoms with Crippen molar-refractivity contribution in [3.8, 4) is 0 Å².